The molecule has 0 amide bonds. The van der Waals surface area contributed by atoms with Crippen LogP contribution in [0.5, 0.6) is 5.75 Å². The van der Waals surface area contributed by atoms with Crippen LogP contribution in [-0.4, -0.2) is 0 Å². The summed E-state index contributed by atoms with van der Waals surface area (Å²) < 4.78 is 7.27. The van der Waals surface area contributed by atoms with Crippen LogP contribution < -0.4 is 10.5 Å². The van der Waals surface area contributed by atoms with E-state index in [1.54, 1.807) is 0 Å². The Balaban J connectivity index is 2.10. The normalized spacial score (nSPS) is 10.4. The largest absolute Gasteiger partial charge is 0.485 e. The minimum Gasteiger partial charge on any atom is -0.485 e. The van der Waals surface area contributed by atoms with Gasteiger partial charge in [0.15, 0.2) is 5.75 Å². The molecular weight excluding hydrogens is 310 g/mol. The highest BCUT2D eigenvalue weighted by molar-refractivity contribution is 9.10. The van der Waals surface area contributed by atoms with Gasteiger partial charge in [-0.1, -0.05) is 17.7 Å². The van der Waals surface area contributed by atoms with Crippen molar-refractivity contribution >= 4 is 44.6 Å². The van der Waals surface area contributed by atoms with Gasteiger partial charge in [-0.3, -0.25) is 0 Å². The Hall–Kier alpha value is -0.710. The Bertz CT molecular complexity index is 480. The number of nitrogen functional groups attached to an aromatic ring is 1. The van der Waals surface area contributed by atoms with Crippen LogP contribution in [0.2, 0.25) is 4.34 Å². The molecule has 5 heteroatoms. The van der Waals surface area contributed by atoms with Crippen molar-refractivity contribution in [1.82, 2.24) is 0 Å². The highest BCUT2D eigenvalue weighted by atomic mass is 79.9. The average Bonchev–Trinajstić information content (AvgIpc) is 2.63. The summed E-state index contributed by atoms with van der Waals surface area (Å²) in [6, 6.07) is 9.37. The molecular formula is C11H9BrClNOS. The summed E-state index contributed by atoms with van der Waals surface area (Å²) in [7, 11) is 0. The van der Waals surface area contributed by atoms with Gasteiger partial charge in [0.2, 0.25) is 0 Å². The summed E-state index contributed by atoms with van der Waals surface area (Å²) in [5.41, 5.74) is 6.44. The topological polar surface area (TPSA) is 35.2 Å². The van der Waals surface area contributed by atoms with Gasteiger partial charge in [-0.2, -0.15) is 0 Å². The fourth-order valence-corrected chi connectivity index (χ4v) is 2.75. The van der Waals surface area contributed by atoms with E-state index in [4.69, 9.17) is 22.1 Å². The van der Waals surface area contributed by atoms with E-state index in [2.05, 4.69) is 15.9 Å². The molecule has 1 aromatic carbocycles. The van der Waals surface area contributed by atoms with E-state index in [1.807, 2.05) is 30.3 Å². The molecule has 0 radical (unpaired) electrons. The van der Waals surface area contributed by atoms with E-state index < -0.39 is 0 Å². The number of rotatable bonds is 3. The van der Waals surface area contributed by atoms with Crippen LogP contribution in [-0.2, 0) is 6.61 Å². The van der Waals surface area contributed by atoms with Gasteiger partial charge < -0.3 is 10.5 Å². The van der Waals surface area contributed by atoms with Crippen LogP contribution >= 0.6 is 38.9 Å². The van der Waals surface area contributed by atoms with Crippen LogP contribution in [0.15, 0.2) is 34.8 Å². The van der Waals surface area contributed by atoms with E-state index in [0.29, 0.717) is 18.0 Å². The number of para-hydroxylation sites is 1. The fourth-order valence-electron chi connectivity index (χ4n) is 1.25. The third-order valence-electron chi connectivity index (χ3n) is 1.99. The molecule has 0 atom stereocenters. The minimum atomic E-state index is 0.476. The Morgan fingerprint density at radius 1 is 1.31 bits per heavy atom. The third kappa shape index (κ3) is 2.70. The van der Waals surface area contributed by atoms with E-state index in [9.17, 15) is 0 Å². The van der Waals surface area contributed by atoms with Crippen molar-refractivity contribution < 1.29 is 4.74 Å². The summed E-state index contributed by atoms with van der Waals surface area (Å²) in [6.45, 7) is 0.476. The van der Waals surface area contributed by atoms with Crippen molar-refractivity contribution in [3.8, 4) is 5.75 Å². The lowest BCUT2D eigenvalue weighted by molar-refractivity contribution is 0.309. The Morgan fingerprint density at radius 2 is 2.12 bits per heavy atom. The predicted molar refractivity (Wildman–Crippen MR) is 72.2 cm³/mol. The number of ether oxygens (including phenoxy) is 1. The van der Waals surface area contributed by atoms with E-state index >= 15 is 0 Å². The lowest BCUT2D eigenvalue weighted by Gasteiger charge is -2.09. The summed E-state index contributed by atoms with van der Waals surface area (Å²) in [5.74, 6) is 0.673. The van der Waals surface area contributed by atoms with E-state index in [0.717, 1.165) is 13.7 Å². The summed E-state index contributed by atoms with van der Waals surface area (Å²) >= 11 is 10.7. The standard InChI is InChI=1S/C11H9BrClNOS/c12-8-2-1-3-9(14)11(8)15-6-7-4-5-10(13)16-7/h1-5H,6,14H2. The molecule has 0 saturated heterocycles. The lowest BCUT2D eigenvalue weighted by Crippen LogP contribution is -1.97. The maximum atomic E-state index is 5.83. The molecule has 1 aromatic heterocycles. The van der Waals surface area contributed by atoms with Crippen LogP contribution in [0.3, 0.4) is 0 Å². The quantitative estimate of drug-likeness (QED) is 0.855. The van der Waals surface area contributed by atoms with Gasteiger partial charge in [-0.05, 0) is 40.2 Å². The van der Waals surface area contributed by atoms with Crippen molar-refractivity contribution in [2.24, 2.45) is 0 Å². The average molecular weight is 319 g/mol. The fraction of sp³-hybridized carbons (Fsp3) is 0.0909. The lowest BCUT2D eigenvalue weighted by atomic mass is 10.3. The zero-order valence-corrected chi connectivity index (χ0v) is 11.4. The second kappa shape index (κ2) is 5.08. The Kier molecular flexibility index (Phi) is 3.74. The van der Waals surface area contributed by atoms with Crippen molar-refractivity contribution in [2.75, 3.05) is 5.73 Å². The maximum absolute atomic E-state index is 5.83. The summed E-state index contributed by atoms with van der Waals surface area (Å²) in [5, 5.41) is 0. The van der Waals surface area contributed by atoms with Gasteiger partial charge in [0.05, 0.1) is 14.5 Å². The first kappa shape index (κ1) is 11.8. The molecule has 0 aliphatic carbocycles. The van der Waals surface area contributed by atoms with Crippen LogP contribution in [0.1, 0.15) is 4.88 Å². The summed E-state index contributed by atoms with van der Waals surface area (Å²) in [6.07, 6.45) is 0. The molecule has 2 aromatic rings. The number of nitrogens with two attached hydrogens (primary N) is 1. The SMILES string of the molecule is Nc1cccc(Br)c1OCc1ccc(Cl)s1. The third-order valence-corrected chi connectivity index (χ3v) is 3.81. The molecule has 0 aliphatic rings. The first-order chi connectivity index (χ1) is 7.66. The highest BCUT2D eigenvalue weighted by Crippen LogP contribution is 2.32. The van der Waals surface area contributed by atoms with Crippen LogP contribution in [0.25, 0.3) is 0 Å². The number of hydrogen-bond donors (Lipinski definition) is 1. The minimum absolute atomic E-state index is 0.476. The number of halogens is 2. The molecule has 0 bridgehead atoms. The van der Waals surface area contributed by atoms with Crippen molar-refractivity contribution in [3.05, 3.63) is 44.0 Å². The van der Waals surface area contributed by atoms with E-state index in [-0.39, 0.29) is 0 Å². The molecule has 2 nitrogen and oxygen atoms in total. The van der Waals surface area contributed by atoms with Gasteiger partial charge in [0.1, 0.15) is 6.61 Å². The van der Waals surface area contributed by atoms with Gasteiger partial charge in [-0.15, -0.1) is 11.3 Å². The van der Waals surface area contributed by atoms with Gasteiger partial charge in [0.25, 0.3) is 0 Å². The zero-order valence-electron chi connectivity index (χ0n) is 8.24. The highest BCUT2D eigenvalue weighted by Gasteiger charge is 2.06. The molecule has 0 fully saturated rings. The molecule has 2 rings (SSSR count). The molecule has 16 heavy (non-hydrogen) atoms. The molecule has 2 N–H and O–H groups in total. The second-order valence-corrected chi connectivity index (χ2v) is 5.81. The monoisotopic (exact) mass is 317 g/mol. The first-order valence-electron chi connectivity index (χ1n) is 4.58. The van der Waals surface area contributed by atoms with Crippen molar-refractivity contribution in [2.45, 2.75) is 6.61 Å². The Labute approximate surface area is 111 Å². The maximum Gasteiger partial charge on any atom is 0.156 e. The van der Waals surface area contributed by atoms with Crippen molar-refractivity contribution in [3.63, 3.8) is 0 Å². The van der Waals surface area contributed by atoms with Gasteiger partial charge >= 0.3 is 0 Å². The number of thiophene rings is 1. The molecule has 1 heterocycles. The summed E-state index contributed by atoms with van der Waals surface area (Å²) in [4.78, 5) is 1.07. The zero-order chi connectivity index (χ0) is 11.5. The number of hydrogen-bond acceptors (Lipinski definition) is 3. The van der Waals surface area contributed by atoms with Crippen LogP contribution in [0.4, 0.5) is 5.69 Å². The smallest absolute Gasteiger partial charge is 0.156 e. The number of benzene rings is 1. The second-order valence-electron chi connectivity index (χ2n) is 3.15. The predicted octanol–water partition coefficient (Wildman–Crippen LogP) is 4.33. The number of anilines is 1. The van der Waals surface area contributed by atoms with Gasteiger partial charge in [-0.25, -0.2) is 0 Å². The molecule has 0 unspecified atom stereocenters. The first-order valence-corrected chi connectivity index (χ1v) is 6.56. The molecule has 0 saturated carbocycles. The van der Waals surface area contributed by atoms with E-state index in [1.165, 1.54) is 11.3 Å². The molecule has 0 aliphatic heterocycles. The Morgan fingerprint density at radius 3 is 2.75 bits per heavy atom. The molecule has 0 spiro atoms. The van der Waals surface area contributed by atoms with Crippen molar-refractivity contribution in [1.29, 1.82) is 0 Å². The van der Waals surface area contributed by atoms with Gasteiger partial charge in [0, 0.05) is 4.88 Å². The van der Waals surface area contributed by atoms with Crippen LogP contribution in [0, 0.1) is 0 Å². The molecule has 84 valence electrons.